The summed E-state index contributed by atoms with van der Waals surface area (Å²) in [5.41, 5.74) is 4.46. The van der Waals surface area contributed by atoms with Crippen molar-refractivity contribution in [1.82, 2.24) is 0 Å². The van der Waals surface area contributed by atoms with Crippen LogP contribution in [0.25, 0.3) is 0 Å². The van der Waals surface area contributed by atoms with Crippen LogP contribution in [0.4, 0.5) is 24.5 Å². The molecular formula is C23H21F3N4O2S. The van der Waals surface area contributed by atoms with E-state index in [1.165, 1.54) is 6.07 Å². The van der Waals surface area contributed by atoms with Crippen molar-refractivity contribution in [2.75, 3.05) is 16.3 Å². The number of benzene rings is 2. The predicted octanol–water partition coefficient (Wildman–Crippen LogP) is 4.15. The minimum Gasteiger partial charge on any atom is -0.489 e. The number of ether oxygens (including phenoxy) is 1. The lowest BCUT2D eigenvalue weighted by molar-refractivity contribution is -0.137. The van der Waals surface area contributed by atoms with E-state index in [1.807, 2.05) is 6.07 Å². The summed E-state index contributed by atoms with van der Waals surface area (Å²) < 4.78 is 46.3. The van der Waals surface area contributed by atoms with Gasteiger partial charge in [-0.15, -0.1) is 0 Å². The highest BCUT2D eigenvalue weighted by atomic mass is 32.1. The zero-order chi connectivity index (χ0) is 24.1. The SMILES string of the molecule is CC1(C)C(=O)N(c2ccc(C#N)c(C(F)(F)F)c2)C(=S)N1c1ccc2c(c1)CC[C@@H](CN)O2. The van der Waals surface area contributed by atoms with Crippen LogP contribution in [-0.4, -0.2) is 29.2 Å². The van der Waals surface area contributed by atoms with Crippen molar-refractivity contribution in [1.29, 1.82) is 5.26 Å². The van der Waals surface area contributed by atoms with Gasteiger partial charge in [0.2, 0.25) is 0 Å². The zero-order valence-electron chi connectivity index (χ0n) is 17.9. The van der Waals surface area contributed by atoms with Crippen molar-refractivity contribution < 1.29 is 22.7 Å². The molecule has 0 saturated carbocycles. The lowest BCUT2D eigenvalue weighted by atomic mass is 9.99. The number of thiocarbonyl (C=S) groups is 1. The predicted molar refractivity (Wildman–Crippen MR) is 121 cm³/mol. The summed E-state index contributed by atoms with van der Waals surface area (Å²) in [7, 11) is 0. The number of fused-ring (bicyclic) bond motifs is 1. The zero-order valence-corrected chi connectivity index (χ0v) is 18.8. The maximum Gasteiger partial charge on any atom is 0.417 e. The summed E-state index contributed by atoms with van der Waals surface area (Å²) >= 11 is 5.58. The van der Waals surface area contributed by atoms with Crippen molar-refractivity contribution >= 4 is 34.6 Å². The second kappa shape index (κ2) is 8.01. The first-order valence-corrected chi connectivity index (χ1v) is 10.7. The Morgan fingerprint density at radius 3 is 2.58 bits per heavy atom. The number of halogens is 3. The average Bonchev–Trinajstić information content (AvgIpc) is 2.95. The van der Waals surface area contributed by atoms with Crippen molar-refractivity contribution in [3.8, 4) is 11.8 Å². The normalized spacial score (nSPS) is 19.8. The molecule has 1 amide bonds. The van der Waals surface area contributed by atoms with Crippen molar-refractivity contribution in [2.24, 2.45) is 5.73 Å². The van der Waals surface area contributed by atoms with Crippen molar-refractivity contribution in [3.63, 3.8) is 0 Å². The molecule has 2 aromatic carbocycles. The molecule has 0 spiro atoms. The number of anilines is 2. The highest BCUT2D eigenvalue weighted by Gasteiger charge is 2.51. The van der Waals surface area contributed by atoms with E-state index in [1.54, 1.807) is 36.9 Å². The molecule has 10 heteroatoms. The average molecular weight is 475 g/mol. The number of carbonyl (C=O) groups is 1. The quantitative estimate of drug-likeness (QED) is 0.674. The molecule has 33 heavy (non-hydrogen) atoms. The molecule has 2 heterocycles. The number of nitrogens with two attached hydrogens (primary N) is 1. The van der Waals surface area contributed by atoms with Crippen LogP contribution < -0.4 is 20.3 Å². The molecule has 4 rings (SSSR count). The Morgan fingerprint density at radius 2 is 1.94 bits per heavy atom. The molecule has 1 fully saturated rings. The molecule has 2 aliphatic heterocycles. The van der Waals surface area contributed by atoms with Crippen LogP contribution >= 0.6 is 12.2 Å². The summed E-state index contributed by atoms with van der Waals surface area (Å²) in [6.45, 7) is 3.74. The molecule has 172 valence electrons. The Kier molecular flexibility index (Phi) is 5.58. The van der Waals surface area contributed by atoms with Crippen LogP contribution in [0, 0.1) is 11.3 Å². The lowest BCUT2D eigenvalue weighted by Crippen LogP contribution is -2.44. The van der Waals surface area contributed by atoms with E-state index in [0.717, 1.165) is 35.4 Å². The van der Waals surface area contributed by atoms with Gasteiger partial charge < -0.3 is 15.4 Å². The minimum atomic E-state index is -4.75. The van der Waals surface area contributed by atoms with E-state index in [-0.39, 0.29) is 16.9 Å². The third kappa shape index (κ3) is 3.81. The van der Waals surface area contributed by atoms with Crippen LogP contribution in [-0.2, 0) is 17.4 Å². The molecule has 1 atom stereocenters. The first-order chi connectivity index (χ1) is 15.5. The van der Waals surface area contributed by atoms with Gasteiger partial charge in [-0.1, -0.05) is 0 Å². The standard InChI is InChI=1S/C23H21F3N4O2S/c1-22(2)20(31)29(15-5-3-14(11-27)18(10-15)23(24,25)26)21(33)30(22)16-6-8-19-13(9-16)4-7-17(12-28)32-19/h3,5-6,8-10,17H,4,7,12,28H2,1-2H3/t17-/m0/s1. The fourth-order valence-corrected chi connectivity index (χ4v) is 4.72. The summed E-state index contributed by atoms with van der Waals surface area (Å²) in [4.78, 5) is 16.0. The largest absolute Gasteiger partial charge is 0.489 e. The van der Waals surface area contributed by atoms with Gasteiger partial charge in [0.1, 0.15) is 17.4 Å². The van der Waals surface area contributed by atoms with E-state index in [0.29, 0.717) is 18.0 Å². The van der Waals surface area contributed by atoms with E-state index < -0.39 is 28.7 Å². The molecule has 0 aliphatic carbocycles. The molecule has 0 radical (unpaired) electrons. The molecule has 0 unspecified atom stereocenters. The molecule has 0 aromatic heterocycles. The van der Waals surface area contributed by atoms with Gasteiger partial charge >= 0.3 is 6.18 Å². The topological polar surface area (TPSA) is 82.6 Å². The number of aryl methyl sites for hydroxylation is 1. The Balaban J connectivity index is 1.74. The van der Waals surface area contributed by atoms with E-state index >= 15 is 0 Å². The minimum absolute atomic E-state index is 0.0426. The van der Waals surface area contributed by atoms with Gasteiger partial charge in [-0.3, -0.25) is 9.69 Å². The van der Waals surface area contributed by atoms with Crippen LogP contribution in [0.1, 0.15) is 37.0 Å². The number of rotatable bonds is 3. The Morgan fingerprint density at radius 1 is 1.24 bits per heavy atom. The van der Waals surface area contributed by atoms with E-state index in [2.05, 4.69) is 0 Å². The number of amides is 1. The number of alkyl halides is 3. The molecule has 2 N–H and O–H groups in total. The number of hydrogen-bond donors (Lipinski definition) is 1. The Bertz CT molecular complexity index is 1190. The third-order valence-corrected chi connectivity index (χ3v) is 6.31. The number of nitriles is 1. The highest BCUT2D eigenvalue weighted by Crippen LogP contribution is 2.41. The molecule has 1 saturated heterocycles. The number of hydrogen-bond acceptors (Lipinski definition) is 5. The summed E-state index contributed by atoms with van der Waals surface area (Å²) in [6.07, 6.45) is -3.30. The maximum atomic E-state index is 13.5. The third-order valence-electron chi connectivity index (χ3n) is 5.95. The first kappa shape index (κ1) is 23.0. The van der Waals surface area contributed by atoms with Crippen LogP contribution in [0.3, 0.4) is 0 Å². The van der Waals surface area contributed by atoms with Gasteiger partial charge in [0, 0.05) is 12.2 Å². The summed E-state index contributed by atoms with van der Waals surface area (Å²) in [5.74, 6) is 0.246. The van der Waals surface area contributed by atoms with Crippen LogP contribution in [0.15, 0.2) is 36.4 Å². The van der Waals surface area contributed by atoms with Crippen molar-refractivity contribution in [2.45, 2.75) is 44.5 Å². The molecule has 2 aromatic rings. The molecule has 2 aliphatic rings. The summed E-state index contributed by atoms with van der Waals surface area (Å²) in [5, 5.41) is 9.12. The maximum absolute atomic E-state index is 13.5. The lowest BCUT2D eigenvalue weighted by Gasteiger charge is -2.31. The first-order valence-electron chi connectivity index (χ1n) is 10.3. The van der Waals surface area contributed by atoms with E-state index in [9.17, 15) is 18.0 Å². The van der Waals surface area contributed by atoms with Crippen molar-refractivity contribution in [3.05, 3.63) is 53.1 Å². The smallest absolute Gasteiger partial charge is 0.417 e. The van der Waals surface area contributed by atoms with Gasteiger partial charge in [0.05, 0.1) is 22.9 Å². The van der Waals surface area contributed by atoms with Gasteiger partial charge in [0.25, 0.3) is 5.91 Å². The number of nitrogens with zero attached hydrogens (tertiary/aromatic N) is 3. The number of carbonyl (C=O) groups excluding carboxylic acids is 1. The van der Waals surface area contributed by atoms with Crippen LogP contribution in [0.2, 0.25) is 0 Å². The Labute approximate surface area is 194 Å². The second-order valence-corrected chi connectivity index (χ2v) is 8.83. The fraction of sp³-hybridized carbons (Fsp3) is 0.348. The summed E-state index contributed by atoms with van der Waals surface area (Å²) in [6, 6.07) is 10.1. The molecular weight excluding hydrogens is 453 g/mol. The monoisotopic (exact) mass is 474 g/mol. The van der Waals surface area contributed by atoms with Crippen LogP contribution in [0.5, 0.6) is 5.75 Å². The van der Waals surface area contributed by atoms with Gasteiger partial charge in [0.15, 0.2) is 5.11 Å². The molecule has 0 bridgehead atoms. The fourth-order valence-electron chi connectivity index (χ4n) is 4.20. The Hall–Kier alpha value is -3.16. The highest BCUT2D eigenvalue weighted by molar-refractivity contribution is 7.81. The van der Waals surface area contributed by atoms with Gasteiger partial charge in [-0.05, 0) is 80.9 Å². The van der Waals surface area contributed by atoms with Gasteiger partial charge in [-0.2, -0.15) is 18.4 Å². The van der Waals surface area contributed by atoms with Gasteiger partial charge in [-0.25, -0.2) is 0 Å². The second-order valence-electron chi connectivity index (χ2n) is 8.46. The molecule has 6 nitrogen and oxygen atoms in total. The van der Waals surface area contributed by atoms with E-state index in [4.69, 9.17) is 28.0 Å².